The lowest BCUT2D eigenvalue weighted by atomic mass is 10.1. The van der Waals surface area contributed by atoms with E-state index in [2.05, 4.69) is 10.2 Å². The van der Waals surface area contributed by atoms with Gasteiger partial charge in [-0.15, -0.1) is 10.2 Å². The molecule has 1 aromatic heterocycles. The summed E-state index contributed by atoms with van der Waals surface area (Å²) in [5.41, 5.74) is 0.529. The third-order valence-electron chi connectivity index (χ3n) is 2.32. The number of carboxylic acid groups (broad SMARTS) is 1. The quantitative estimate of drug-likeness (QED) is 0.857. The molecule has 0 saturated carbocycles. The predicted octanol–water partition coefficient (Wildman–Crippen LogP) is 1.94. The fourth-order valence-corrected chi connectivity index (χ4v) is 2.32. The molecule has 94 valence electrons. The second-order valence-corrected chi connectivity index (χ2v) is 4.56. The second kappa shape index (κ2) is 5.18. The molecule has 7 heteroatoms. The molecule has 0 saturated heterocycles. The number of carboxylic acids is 1. The highest BCUT2D eigenvalue weighted by Gasteiger charge is 2.12. The lowest BCUT2D eigenvalue weighted by Crippen LogP contribution is -2.02. The Morgan fingerprint density at radius 3 is 2.94 bits per heavy atom. The van der Waals surface area contributed by atoms with E-state index in [1.807, 2.05) is 0 Å². The number of aromatic carboxylic acids is 1. The maximum atomic E-state index is 13.1. The molecular weight excluding hydrogens is 257 g/mol. The molecule has 0 bridgehead atoms. The SMILES string of the molecule is Cn1cnnc1SCc1cc(F)ccc1C(=O)O. The molecule has 1 N–H and O–H groups in total. The van der Waals surface area contributed by atoms with Gasteiger partial charge in [0.1, 0.15) is 12.1 Å². The van der Waals surface area contributed by atoms with Gasteiger partial charge in [0.05, 0.1) is 5.56 Å². The number of carbonyl (C=O) groups is 1. The van der Waals surface area contributed by atoms with Crippen LogP contribution in [0.1, 0.15) is 15.9 Å². The van der Waals surface area contributed by atoms with E-state index in [0.717, 1.165) is 6.07 Å². The van der Waals surface area contributed by atoms with Gasteiger partial charge in [0.15, 0.2) is 5.16 Å². The highest BCUT2D eigenvalue weighted by Crippen LogP contribution is 2.23. The molecule has 0 radical (unpaired) electrons. The largest absolute Gasteiger partial charge is 0.478 e. The average Bonchev–Trinajstić information content (AvgIpc) is 2.72. The summed E-state index contributed by atoms with van der Waals surface area (Å²) in [6.45, 7) is 0. The highest BCUT2D eigenvalue weighted by atomic mass is 32.2. The highest BCUT2D eigenvalue weighted by molar-refractivity contribution is 7.98. The normalized spacial score (nSPS) is 10.6. The topological polar surface area (TPSA) is 68.0 Å². The van der Waals surface area contributed by atoms with Crippen molar-refractivity contribution in [1.82, 2.24) is 14.8 Å². The van der Waals surface area contributed by atoms with Gasteiger partial charge in [-0.3, -0.25) is 0 Å². The van der Waals surface area contributed by atoms with Gasteiger partial charge in [0.25, 0.3) is 0 Å². The molecule has 0 fully saturated rings. The van der Waals surface area contributed by atoms with Crippen LogP contribution >= 0.6 is 11.8 Å². The van der Waals surface area contributed by atoms with E-state index in [-0.39, 0.29) is 5.56 Å². The monoisotopic (exact) mass is 267 g/mol. The maximum absolute atomic E-state index is 13.1. The molecule has 0 spiro atoms. The molecule has 0 aliphatic carbocycles. The zero-order valence-electron chi connectivity index (χ0n) is 9.50. The fraction of sp³-hybridized carbons (Fsp3) is 0.182. The van der Waals surface area contributed by atoms with Crippen molar-refractivity contribution in [2.75, 3.05) is 0 Å². The van der Waals surface area contributed by atoms with E-state index in [1.54, 1.807) is 17.9 Å². The Morgan fingerprint density at radius 2 is 2.33 bits per heavy atom. The summed E-state index contributed by atoms with van der Waals surface area (Å²) in [5.74, 6) is -1.19. The lowest BCUT2D eigenvalue weighted by Gasteiger charge is -2.05. The van der Waals surface area contributed by atoms with Crippen molar-refractivity contribution in [3.05, 3.63) is 41.5 Å². The molecule has 0 aliphatic rings. The van der Waals surface area contributed by atoms with Gasteiger partial charge in [-0.1, -0.05) is 11.8 Å². The van der Waals surface area contributed by atoms with E-state index in [9.17, 15) is 9.18 Å². The summed E-state index contributed by atoms with van der Waals surface area (Å²) in [6, 6.07) is 3.64. The van der Waals surface area contributed by atoms with E-state index >= 15 is 0 Å². The summed E-state index contributed by atoms with van der Waals surface area (Å²) in [7, 11) is 1.78. The number of benzene rings is 1. The molecule has 5 nitrogen and oxygen atoms in total. The van der Waals surface area contributed by atoms with E-state index in [1.165, 1.54) is 23.9 Å². The van der Waals surface area contributed by atoms with Crippen LogP contribution < -0.4 is 0 Å². The number of nitrogens with zero attached hydrogens (tertiary/aromatic N) is 3. The van der Waals surface area contributed by atoms with Crippen molar-refractivity contribution in [2.45, 2.75) is 10.9 Å². The summed E-state index contributed by atoms with van der Waals surface area (Å²) >= 11 is 1.31. The van der Waals surface area contributed by atoms with E-state index in [0.29, 0.717) is 16.5 Å². The molecule has 0 amide bonds. The Labute approximate surface area is 107 Å². The minimum atomic E-state index is -1.07. The Balaban J connectivity index is 2.20. The van der Waals surface area contributed by atoms with Crippen LogP contribution in [0.15, 0.2) is 29.7 Å². The number of thioether (sulfide) groups is 1. The molecule has 18 heavy (non-hydrogen) atoms. The van der Waals surface area contributed by atoms with Crippen LogP contribution in [0.3, 0.4) is 0 Å². The summed E-state index contributed by atoms with van der Waals surface area (Å²) < 4.78 is 14.8. The number of halogens is 1. The van der Waals surface area contributed by atoms with Crippen LogP contribution in [0.25, 0.3) is 0 Å². The first kappa shape index (κ1) is 12.6. The van der Waals surface area contributed by atoms with Gasteiger partial charge >= 0.3 is 5.97 Å². The predicted molar refractivity (Wildman–Crippen MR) is 63.9 cm³/mol. The minimum Gasteiger partial charge on any atom is -0.478 e. The Bertz CT molecular complexity index is 585. The zero-order valence-corrected chi connectivity index (χ0v) is 10.3. The van der Waals surface area contributed by atoms with Gasteiger partial charge in [0.2, 0.25) is 0 Å². The number of rotatable bonds is 4. The van der Waals surface area contributed by atoms with Crippen LogP contribution in [-0.4, -0.2) is 25.8 Å². The second-order valence-electron chi connectivity index (χ2n) is 3.62. The number of aryl methyl sites for hydroxylation is 1. The molecule has 0 unspecified atom stereocenters. The Morgan fingerprint density at radius 1 is 1.56 bits per heavy atom. The first-order chi connectivity index (χ1) is 8.58. The number of hydrogen-bond donors (Lipinski definition) is 1. The van der Waals surface area contributed by atoms with Gasteiger partial charge in [-0.2, -0.15) is 0 Å². The van der Waals surface area contributed by atoms with Crippen molar-refractivity contribution >= 4 is 17.7 Å². The lowest BCUT2D eigenvalue weighted by molar-refractivity contribution is 0.0696. The van der Waals surface area contributed by atoms with Gasteiger partial charge in [-0.05, 0) is 23.8 Å². The molecule has 0 aliphatic heterocycles. The summed E-state index contributed by atoms with van der Waals surface area (Å²) in [4.78, 5) is 11.0. The van der Waals surface area contributed by atoms with Crippen LogP contribution in [-0.2, 0) is 12.8 Å². The summed E-state index contributed by atoms with van der Waals surface area (Å²) in [6.07, 6.45) is 1.55. The molecule has 1 aromatic carbocycles. The van der Waals surface area contributed by atoms with Crippen LogP contribution in [0.5, 0.6) is 0 Å². The van der Waals surface area contributed by atoms with Gasteiger partial charge in [-0.25, -0.2) is 9.18 Å². The number of aromatic nitrogens is 3. The van der Waals surface area contributed by atoms with Crippen LogP contribution in [0, 0.1) is 5.82 Å². The zero-order chi connectivity index (χ0) is 13.1. The molecule has 1 heterocycles. The third-order valence-corrected chi connectivity index (χ3v) is 3.41. The first-order valence-electron chi connectivity index (χ1n) is 5.06. The van der Waals surface area contributed by atoms with Gasteiger partial charge in [0, 0.05) is 12.8 Å². The summed E-state index contributed by atoms with van der Waals surface area (Å²) in [5, 5.41) is 17.2. The van der Waals surface area contributed by atoms with Crippen molar-refractivity contribution in [2.24, 2.45) is 7.05 Å². The molecule has 2 aromatic rings. The maximum Gasteiger partial charge on any atom is 0.335 e. The third kappa shape index (κ3) is 2.67. The van der Waals surface area contributed by atoms with Crippen molar-refractivity contribution in [1.29, 1.82) is 0 Å². The van der Waals surface area contributed by atoms with Crippen molar-refractivity contribution < 1.29 is 14.3 Å². The Hall–Kier alpha value is -1.89. The minimum absolute atomic E-state index is 0.103. The number of hydrogen-bond acceptors (Lipinski definition) is 4. The Kier molecular flexibility index (Phi) is 3.61. The molecule has 2 rings (SSSR count). The van der Waals surface area contributed by atoms with Crippen molar-refractivity contribution in [3.8, 4) is 0 Å². The fourth-order valence-electron chi connectivity index (χ4n) is 1.44. The van der Waals surface area contributed by atoms with E-state index < -0.39 is 11.8 Å². The average molecular weight is 267 g/mol. The van der Waals surface area contributed by atoms with Crippen LogP contribution in [0.2, 0.25) is 0 Å². The van der Waals surface area contributed by atoms with E-state index in [4.69, 9.17) is 5.11 Å². The smallest absolute Gasteiger partial charge is 0.335 e. The molecule has 0 atom stereocenters. The van der Waals surface area contributed by atoms with Gasteiger partial charge < -0.3 is 9.67 Å². The van der Waals surface area contributed by atoms with Crippen LogP contribution in [0.4, 0.5) is 4.39 Å². The van der Waals surface area contributed by atoms with Crippen molar-refractivity contribution in [3.63, 3.8) is 0 Å². The molecular formula is C11H10FN3O2S. The first-order valence-corrected chi connectivity index (χ1v) is 6.05. The standard InChI is InChI=1S/C11H10FN3O2S/c1-15-6-13-14-11(15)18-5-7-4-8(12)2-3-9(7)10(16)17/h2-4,6H,5H2,1H3,(H,16,17).